The van der Waals surface area contributed by atoms with Crippen LogP contribution in [-0.2, 0) is 29.1 Å². The number of piperidine rings is 2. The van der Waals surface area contributed by atoms with E-state index in [1.54, 1.807) is 0 Å². The van der Waals surface area contributed by atoms with Gasteiger partial charge in [0.05, 0.1) is 24.4 Å². The van der Waals surface area contributed by atoms with E-state index in [-0.39, 0.29) is 11.8 Å². The Morgan fingerprint density at radius 1 is 0.521 bits per heavy atom. The van der Waals surface area contributed by atoms with Gasteiger partial charge in [-0.3, -0.25) is 24.3 Å². The molecule has 0 aliphatic carbocycles. The maximum atomic E-state index is 11.9. The van der Waals surface area contributed by atoms with Gasteiger partial charge in [0.2, 0.25) is 0 Å². The Labute approximate surface area is 280 Å². The Kier molecular flexibility index (Phi) is 9.60. The minimum absolute atomic E-state index is 0.225. The Bertz CT molecular complexity index is 1770. The molecule has 4 N–H and O–H groups in total. The number of rotatable bonds is 10. The van der Waals surface area contributed by atoms with Crippen molar-refractivity contribution in [3.05, 3.63) is 83.4 Å². The number of carbonyl (C=O) groups excluding carboxylic acids is 2. The van der Waals surface area contributed by atoms with Crippen LogP contribution in [0.3, 0.4) is 0 Å². The predicted molar refractivity (Wildman–Crippen MR) is 186 cm³/mol. The Morgan fingerprint density at radius 3 is 1.40 bits per heavy atom. The molecule has 0 spiro atoms. The lowest BCUT2D eigenvalue weighted by atomic mass is 9.90. The summed E-state index contributed by atoms with van der Waals surface area (Å²) < 4.78 is 0. The summed E-state index contributed by atoms with van der Waals surface area (Å²) in [6, 6.07) is 19.9. The molecule has 0 unspecified atom stereocenters. The van der Waals surface area contributed by atoms with Crippen molar-refractivity contribution in [2.75, 3.05) is 32.7 Å². The molecule has 48 heavy (non-hydrogen) atoms. The highest BCUT2D eigenvalue weighted by molar-refractivity contribution is 6.25. The second kappa shape index (κ2) is 14.0. The Balaban J connectivity index is 1.18. The van der Waals surface area contributed by atoms with E-state index in [1.165, 1.54) is 38.8 Å². The van der Waals surface area contributed by atoms with E-state index >= 15 is 0 Å². The van der Waals surface area contributed by atoms with Gasteiger partial charge in [0.25, 0.3) is 11.8 Å². The molecule has 4 atom stereocenters. The van der Waals surface area contributed by atoms with Gasteiger partial charge in [-0.25, -0.2) is 0 Å². The van der Waals surface area contributed by atoms with Crippen LogP contribution in [0, 0.1) is 0 Å². The van der Waals surface area contributed by atoms with Gasteiger partial charge in [-0.15, -0.1) is 0 Å². The third-order valence-corrected chi connectivity index (χ3v) is 10.1. The van der Waals surface area contributed by atoms with Crippen molar-refractivity contribution in [1.82, 2.24) is 14.7 Å². The quantitative estimate of drug-likeness (QED) is 0.117. The predicted octanol–water partition coefficient (Wildman–Crippen LogP) is 3.64. The highest BCUT2D eigenvalue weighted by Gasteiger charge is 2.26. The standard InChI is InChI=1S/C39H45N3O6/c43-28-17-29(44)22-40(21-28)19-26-6-9-33-35-14-25(4-2-1-3-13-42-38(47)11-12-39(42)48)5-8-32(35)36-15-27(7-10-34(36)37(33)16-26)20-41-23-30(45)18-31(46)24-41/h5-12,14-16,28-31,43-46H,1-4,13,17-24H2/t28-,29+,30-,31+. The van der Waals surface area contributed by atoms with Crippen molar-refractivity contribution in [3.63, 3.8) is 0 Å². The van der Waals surface area contributed by atoms with E-state index in [2.05, 4.69) is 64.4 Å². The summed E-state index contributed by atoms with van der Waals surface area (Å²) in [5, 5.41) is 48.0. The molecule has 9 heteroatoms. The number of hydrogen-bond acceptors (Lipinski definition) is 8. The summed E-state index contributed by atoms with van der Waals surface area (Å²) in [7, 11) is 0. The minimum atomic E-state index is -0.528. The number of aliphatic hydroxyl groups excluding tert-OH is 4. The van der Waals surface area contributed by atoms with Gasteiger partial charge in [-0.2, -0.15) is 0 Å². The average Bonchev–Trinajstić information content (AvgIpc) is 3.36. The molecule has 252 valence electrons. The first-order valence-corrected chi connectivity index (χ1v) is 17.3. The van der Waals surface area contributed by atoms with Crippen molar-refractivity contribution in [2.24, 2.45) is 0 Å². The van der Waals surface area contributed by atoms with E-state index in [0.29, 0.717) is 58.7 Å². The summed E-state index contributed by atoms with van der Waals surface area (Å²) in [5.74, 6) is -0.450. The second-order valence-electron chi connectivity index (χ2n) is 14.1. The number of β-amino-alcohol motifs (C(OH)–C–C–N with tert-alkyl or cyclic N) is 4. The van der Waals surface area contributed by atoms with Gasteiger partial charge in [-0.05, 0) is 80.4 Å². The number of imide groups is 1. The summed E-state index contributed by atoms with van der Waals surface area (Å²) in [6.07, 6.45) is 4.94. The first kappa shape index (κ1) is 32.8. The normalized spacial score (nSPS) is 24.1. The van der Waals surface area contributed by atoms with E-state index in [4.69, 9.17) is 0 Å². The fraction of sp³-hybridized carbons (Fsp3) is 0.436. The average molecular weight is 652 g/mol. The lowest BCUT2D eigenvalue weighted by Gasteiger charge is -2.33. The number of likely N-dealkylation sites (tertiary alicyclic amines) is 2. The molecule has 2 saturated heterocycles. The number of hydrogen-bond donors (Lipinski definition) is 4. The second-order valence-corrected chi connectivity index (χ2v) is 14.1. The van der Waals surface area contributed by atoms with Crippen molar-refractivity contribution >= 4 is 44.1 Å². The van der Waals surface area contributed by atoms with Crippen molar-refractivity contribution in [2.45, 2.75) is 76.0 Å². The zero-order valence-corrected chi connectivity index (χ0v) is 27.3. The number of fused-ring (bicyclic) bond motifs is 6. The molecule has 2 fully saturated rings. The van der Waals surface area contributed by atoms with Gasteiger partial charge in [0.1, 0.15) is 0 Å². The fourth-order valence-corrected chi connectivity index (χ4v) is 7.97. The minimum Gasteiger partial charge on any atom is -0.392 e. The zero-order valence-electron chi connectivity index (χ0n) is 27.3. The first-order chi connectivity index (χ1) is 23.2. The molecule has 9 nitrogen and oxygen atoms in total. The maximum absolute atomic E-state index is 11.9. The van der Waals surface area contributed by atoms with Gasteiger partial charge in [-0.1, -0.05) is 48.9 Å². The Morgan fingerprint density at radius 2 is 0.938 bits per heavy atom. The monoisotopic (exact) mass is 651 g/mol. The molecular weight excluding hydrogens is 606 g/mol. The largest absolute Gasteiger partial charge is 0.392 e. The van der Waals surface area contributed by atoms with E-state index in [1.807, 2.05) is 0 Å². The third-order valence-electron chi connectivity index (χ3n) is 10.1. The molecule has 7 rings (SSSR count). The zero-order chi connectivity index (χ0) is 33.4. The number of aliphatic hydroxyl groups is 4. The number of amides is 2. The van der Waals surface area contributed by atoms with Gasteiger partial charge >= 0.3 is 0 Å². The summed E-state index contributed by atoms with van der Waals surface area (Å²) >= 11 is 0. The molecule has 0 aromatic heterocycles. The summed E-state index contributed by atoms with van der Waals surface area (Å²) in [5.41, 5.74) is 3.50. The summed E-state index contributed by atoms with van der Waals surface area (Å²) in [4.78, 5) is 29.3. The number of carbonyl (C=O) groups is 2. The molecule has 3 heterocycles. The molecular formula is C39H45N3O6. The van der Waals surface area contributed by atoms with Gasteiger partial charge in [0.15, 0.2) is 0 Å². The lowest BCUT2D eigenvalue weighted by molar-refractivity contribution is -0.136. The SMILES string of the molecule is O=C1C=CC(=O)N1CCCCCc1ccc2c(c1)c1ccc(CN3C[C@H](O)C[C@H](O)C3)cc1c1ccc(CN3C[C@H](O)C[C@H](O)C3)cc21. The van der Waals surface area contributed by atoms with Crippen molar-refractivity contribution < 1.29 is 30.0 Å². The smallest absolute Gasteiger partial charge is 0.253 e. The van der Waals surface area contributed by atoms with Crippen LogP contribution in [0.2, 0.25) is 0 Å². The Hall–Kier alpha value is -3.70. The number of unbranched alkanes of at least 4 members (excludes halogenated alkanes) is 2. The first-order valence-electron chi connectivity index (χ1n) is 17.3. The van der Waals surface area contributed by atoms with Crippen LogP contribution in [0.15, 0.2) is 66.7 Å². The van der Waals surface area contributed by atoms with Gasteiger partial charge in [0, 0.05) is 70.8 Å². The van der Waals surface area contributed by atoms with Gasteiger partial charge < -0.3 is 20.4 Å². The van der Waals surface area contributed by atoms with Crippen molar-refractivity contribution in [3.8, 4) is 0 Å². The maximum Gasteiger partial charge on any atom is 0.253 e. The molecule has 3 aliphatic rings. The molecule has 3 aliphatic heterocycles. The van der Waals surface area contributed by atoms with Crippen LogP contribution in [0.5, 0.6) is 0 Å². The lowest BCUT2D eigenvalue weighted by Crippen LogP contribution is -2.45. The number of nitrogens with zero attached hydrogens (tertiary/aromatic N) is 3. The van der Waals surface area contributed by atoms with Crippen LogP contribution in [0.4, 0.5) is 0 Å². The topological polar surface area (TPSA) is 125 Å². The molecule has 4 aromatic rings. The number of benzene rings is 4. The highest BCUT2D eigenvalue weighted by Crippen LogP contribution is 2.37. The molecule has 0 radical (unpaired) electrons. The fourth-order valence-electron chi connectivity index (χ4n) is 7.97. The van der Waals surface area contributed by atoms with Crippen LogP contribution < -0.4 is 0 Å². The van der Waals surface area contributed by atoms with Crippen LogP contribution in [-0.4, -0.2) is 104 Å². The van der Waals surface area contributed by atoms with Crippen molar-refractivity contribution in [1.29, 1.82) is 0 Å². The van der Waals surface area contributed by atoms with E-state index in [9.17, 15) is 30.0 Å². The van der Waals surface area contributed by atoms with Crippen LogP contribution in [0.1, 0.15) is 48.8 Å². The van der Waals surface area contributed by atoms with Crippen LogP contribution in [0.25, 0.3) is 32.3 Å². The molecule has 2 amide bonds. The molecule has 0 bridgehead atoms. The summed E-state index contributed by atoms with van der Waals surface area (Å²) in [6.45, 7) is 3.92. The van der Waals surface area contributed by atoms with E-state index < -0.39 is 24.4 Å². The number of aryl methyl sites for hydroxylation is 1. The highest BCUT2D eigenvalue weighted by atomic mass is 16.3. The third kappa shape index (κ3) is 7.17. The molecule has 4 aromatic carbocycles. The van der Waals surface area contributed by atoms with Crippen LogP contribution >= 0.6 is 0 Å². The molecule has 0 saturated carbocycles. The van der Waals surface area contributed by atoms with E-state index in [0.717, 1.165) is 53.0 Å².